The van der Waals surface area contributed by atoms with Gasteiger partial charge in [-0.25, -0.2) is 4.98 Å². The maximum Gasteiger partial charge on any atom is 0.225 e. The molecule has 1 aromatic heterocycles. The molecular weight excluding hydrogens is 254 g/mol. The highest BCUT2D eigenvalue weighted by molar-refractivity contribution is 7.09. The van der Waals surface area contributed by atoms with E-state index in [2.05, 4.69) is 50.0 Å². The monoisotopic (exact) mass is 277 g/mol. The summed E-state index contributed by atoms with van der Waals surface area (Å²) in [5.41, 5.74) is 4.47. The van der Waals surface area contributed by atoms with Crippen LogP contribution < -0.4 is 0 Å². The SMILES string of the molecule is CCCc1ccc(C)cc1.CCCc1scnc1O. The molecule has 2 rings (SSSR count). The number of rotatable bonds is 4. The van der Waals surface area contributed by atoms with Crippen LogP contribution in [0.25, 0.3) is 0 Å². The van der Waals surface area contributed by atoms with Gasteiger partial charge >= 0.3 is 0 Å². The Kier molecular flexibility index (Phi) is 7.19. The van der Waals surface area contributed by atoms with Gasteiger partial charge < -0.3 is 5.11 Å². The van der Waals surface area contributed by atoms with E-state index < -0.39 is 0 Å². The molecule has 2 nitrogen and oxygen atoms in total. The number of thiazole rings is 1. The Morgan fingerprint density at radius 2 is 1.68 bits per heavy atom. The first-order valence-corrected chi connectivity index (χ1v) is 7.72. The number of nitrogens with zero attached hydrogens (tertiary/aromatic N) is 1. The molecule has 0 aliphatic rings. The molecule has 0 bridgehead atoms. The van der Waals surface area contributed by atoms with Gasteiger partial charge in [0.25, 0.3) is 0 Å². The van der Waals surface area contributed by atoms with Crippen LogP contribution in [0.5, 0.6) is 5.88 Å². The molecule has 3 heteroatoms. The molecule has 0 fully saturated rings. The molecule has 0 atom stereocenters. The highest BCUT2D eigenvalue weighted by atomic mass is 32.1. The quantitative estimate of drug-likeness (QED) is 0.875. The standard InChI is InChI=1S/C10H14.C6H9NOS/c1-3-4-10-7-5-9(2)6-8-10;1-2-3-5-6(8)7-4-9-5/h5-8H,3-4H2,1-2H3;4,8H,2-3H2,1H3. The zero-order valence-corrected chi connectivity index (χ0v) is 12.8. The molecule has 0 saturated carbocycles. The number of aromatic hydroxyl groups is 1. The summed E-state index contributed by atoms with van der Waals surface area (Å²) in [6, 6.07) is 8.76. The molecule has 2 aromatic rings. The predicted octanol–water partition coefficient (Wildman–Crippen LogP) is 4.75. The normalized spacial score (nSPS) is 9.84. The fourth-order valence-electron chi connectivity index (χ4n) is 1.71. The van der Waals surface area contributed by atoms with E-state index in [-0.39, 0.29) is 5.88 Å². The predicted molar refractivity (Wildman–Crippen MR) is 82.9 cm³/mol. The second-order valence-corrected chi connectivity index (χ2v) is 5.52. The summed E-state index contributed by atoms with van der Waals surface area (Å²) < 4.78 is 0. The highest BCUT2D eigenvalue weighted by Crippen LogP contribution is 2.20. The van der Waals surface area contributed by atoms with Crippen molar-refractivity contribution in [3.63, 3.8) is 0 Å². The lowest BCUT2D eigenvalue weighted by Crippen LogP contribution is -1.81. The van der Waals surface area contributed by atoms with E-state index >= 15 is 0 Å². The molecule has 0 radical (unpaired) electrons. The third kappa shape index (κ3) is 5.88. The van der Waals surface area contributed by atoms with Crippen LogP contribution in [0.1, 0.15) is 42.7 Å². The summed E-state index contributed by atoms with van der Waals surface area (Å²) in [6.45, 7) is 6.41. The first-order valence-electron chi connectivity index (χ1n) is 6.84. The zero-order chi connectivity index (χ0) is 14.1. The van der Waals surface area contributed by atoms with Crippen LogP contribution in [-0.2, 0) is 12.8 Å². The average Bonchev–Trinajstić information content (AvgIpc) is 2.80. The second kappa shape index (κ2) is 8.70. The lowest BCUT2D eigenvalue weighted by molar-refractivity contribution is 0.451. The van der Waals surface area contributed by atoms with Gasteiger partial charge in [0, 0.05) is 0 Å². The van der Waals surface area contributed by atoms with Gasteiger partial charge in [-0.2, -0.15) is 0 Å². The molecule has 1 N–H and O–H groups in total. The van der Waals surface area contributed by atoms with Crippen molar-refractivity contribution in [2.24, 2.45) is 0 Å². The smallest absolute Gasteiger partial charge is 0.225 e. The third-order valence-electron chi connectivity index (χ3n) is 2.76. The molecule has 1 aromatic carbocycles. The molecule has 0 unspecified atom stereocenters. The summed E-state index contributed by atoms with van der Waals surface area (Å²) in [6.07, 6.45) is 4.45. The summed E-state index contributed by atoms with van der Waals surface area (Å²) in [5, 5.41) is 8.98. The van der Waals surface area contributed by atoms with Crippen LogP contribution in [0, 0.1) is 6.92 Å². The van der Waals surface area contributed by atoms with Gasteiger partial charge in [0.1, 0.15) is 0 Å². The fourth-order valence-corrected chi connectivity index (χ4v) is 2.47. The molecule has 0 saturated heterocycles. The number of hydrogen-bond acceptors (Lipinski definition) is 3. The van der Waals surface area contributed by atoms with Crippen LogP contribution in [0.15, 0.2) is 29.8 Å². The first kappa shape index (κ1) is 15.7. The highest BCUT2D eigenvalue weighted by Gasteiger charge is 2.00. The van der Waals surface area contributed by atoms with Crippen LogP contribution in [0.2, 0.25) is 0 Å². The minimum atomic E-state index is 0.210. The van der Waals surface area contributed by atoms with Gasteiger partial charge in [0.05, 0.1) is 10.4 Å². The van der Waals surface area contributed by atoms with Gasteiger partial charge in [0.2, 0.25) is 5.88 Å². The van der Waals surface area contributed by atoms with E-state index in [1.54, 1.807) is 5.51 Å². The van der Waals surface area contributed by atoms with E-state index in [0.29, 0.717) is 0 Å². The van der Waals surface area contributed by atoms with Crippen molar-refractivity contribution in [2.45, 2.75) is 46.5 Å². The Morgan fingerprint density at radius 3 is 2.16 bits per heavy atom. The van der Waals surface area contributed by atoms with E-state index in [1.807, 2.05) is 0 Å². The van der Waals surface area contributed by atoms with Gasteiger partial charge in [-0.3, -0.25) is 0 Å². The van der Waals surface area contributed by atoms with Crippen LogP contribution in [0.4, 0.5) is 0 Å². The van der Waals surface area contributed by atoms with Crippen molar-refractivity contribution in [1.82, 2.24) is 4.98 Å². The van der Waals surface area contributed by atoms with Crippen LogP contribution in [0.3, 0.4) is 0 Å². The largest absolute Gasteiger partial charge is 0.492 e. The Bertz CT molecular complexity index is 462. The Morgan fingerprint density at radius 1 is 1.05 bits per heavy atom. The Balaban J connectivity index is 0.000000191. The first-order chi connectivity index (χ1) is 9.17. The fraction of sp³-hybridized carbons (Fsp3) is 0.438. The van der Waals surface area contributed by atoms with Crippen molar-refractivity contribution >= 4 is 11.3 Å². The van der Waals surface area contributed by atoms with Crippen molar-refractivity contribution in [3.8, 4) is 5.88 Å². The van der Waals surface area contributed by atoms with Gasteiger partial charge in [-0.1, -0.05) is 56.5 Å². The number of benzene rings is 1. The molecule has 0 spiro atoms. The summed E-state index contributed by atoms with van der Waals surface area (Å²) in [7, 11) is 0. The maximum atomic E-state index is 8.98. The maximum absolute atomic E-state index is 8.98. The number of aromatic nitrogens is 1. The van der Waals surface area contributed by atoms with Gasteiger partial charge in [-0.15, -0.1) is 11.3 Å². The summed E-state index contributed by atoms with van der Waals surface area (Å²) in [4.78, 5) is 4.71. The summed E-state index contributed by atoms with van der Waals surface area (Å²) in [5.74, 6) is 0.210. The molecule has 0 aliphatic carbocycles. The molecule has 1 heterocycles. The Labute approximate surface area is 120 Å². The number of hydrogen-bond donors (Lipinski definition) is 1. The van der Waals surface area contributed by atoms with E-state index in [4.69, 9.17) is 5.11 Å². The molecule has 0 aliphatic heterocycles. The van der Waals surface area contributed by atoms with Crippen molar-refractivity contribution in [3.05, 3.63) is 45.8 Å². The minimum absolute atomic E-state index is 0.210. The average molecular weight is 277 g/mol. The number of aryl methyl sites for hydroxylation is 3. The molecule has 104 valence electrons. The van der Waals surface area contributed by atoms with Crippen molar-refractivity contribution in [2.75, 3.05) is 0 Å². The Hall–Kier alpha value is -1.35. The lowest BCUT2D eigenvalue weighted by Gasteiger charge is -1.97. The molecular formula is C16H23NOS. The van der Waals surface area contributed by atoms with E-state index in [0.717, 1.165) is 17.7 Å². The van der Waals surface area contributed by atoms with E-state index in [9.17, 15) is 0 Å². The summed E-state index contributed by atoms with van der Waals surface area (Å²) >= 11 is 1.51. The van der Waals surface area contributed by atoms with E-state index in [1.165, 1.54) is 35.3 Å². The second-order valence-electron chi connectivity index (χ2n) is 4.58. The lowest BCUT2D eigenvalue weighted by atomic mass is 10.1. The topological polar surface area (TPSA) is 33.1 Å². The minimum Gasteiger partial charge on any atom is -0.492 e. The van der Waals surface area contributed by atoms with Crippen LogP contribution >= 0.6 is 11.3 Å². The van der Waals surface area contributed by atoms with Crippen LogP contribution in [-0.4, -0.2) is 10.1 Å². The van der Waals surface area contributed by atoms with Crippen molar-refractivity contribution < 1.29 is 5.11 Å². The zero-order valence-electron chi connectivity index (χ0n) is 12.0. The van der Waals surface area contributed by atoms with Gasteiger partial charge in [-0.05, 0) is 25.3 Å². The van der Waals surface area contributed by atoms with Crippen molar-refractivity contribution in [1.29, 1.82) is 0 Å². The third-order valence-corrected chi connectivity index (χ3v) is 3.64. The van der Waals surface area contributed by atoms with Gasteiger partial charge in [0.15, 0.2) is 0 Å². The molecule has 0 amide bonds. The molecule has 19 heavy (non-hydrogen) atoms.